The third-order valence-corrected chi connectivity index (χ3v) is 10.2. The Hall–Kier alpha value is -3.93. The lowest BCUT2D eigenvalue weighted by Gasteiger charge is -2.18. The van der Waals surface area contributed by atoms with Crippen LogP contribution in [0.2, 0.25) is 0 Å². The zero-order valence-electron chi connectivity index (χ0n) is 39.8. The first-order valence-corrected chi connectivity index (χ1v) is 25.0. The predicted octanol–water partition coefficient (Wildman–Crippen LogP) is 16.4. The smallest absolute Gasteiger partial charge is 0.306 e. The molecular formula is C56H90O6. The van der Waals surface area contributed by atoms with Crippen molar-refractivity contribution >= 4 is 17.9 Å². The van der Waals surface area contributed by atoms with E-state index in [0.29, 0.717) is 19.3 Å². The van der Waals surface area contributed by atoms with Gasteiger partial charge in [-0.05, 0) is 83.5 Å². The van der Waals surface area contributed by atoms with Crippen molar-refractivity contribution in [1.29, 1.82) is 0 Å². The van der Waals surface area contributed by atoms with E-state index in [-0.39, 0.29) is 37.5 Å². The van der Waals surface area contributed by atoms with Crippen LogP contribution in [0.15, 0.2) is 109 Å². The van der Waals surface area contributed by atoms with Gasteiger partial charge in [0.25, 0.3) is 0 Å². The van der Waals surface area contributed by atoms with E-state index in [1.807, 2.05) is 48.6 Å². The van der Waals surface area contributed by atoms with Gasteiger partial charge in [-0.2, -0.15) is 0 Å². The number of ether oxygens (including phenoxy) is 3. The molecule has 0 aromatic heterocycles. The second kappa shape index (κ2) is 49.7. The Kier molecular flexibility index (Phi) is 46.6. The summed E-state index contributed by atoms with van der Waals surface area (Å²) >= 11 is 0. The van der Waals surface area contributed by atoms with Crippen molar-refractivity contribution in [3.63, 3.8) is 0 Å². The van der Waals surface area contributed by atoms with E-state index in [9.17, 15) is 14.4 Å². The van der Waals surface area contributed by atoms with Gasteiger partial charge in [0.1, 0.15) is 13.2 Å². The minimum Gasteiger partial charge on any atom is -0.462 e. The highest BCUT2D eigenvalue weighted by atomic mass is 16.6. The molecule has 6 heteroatoms. The molecule has 0 radical (unpaired) electrons. The average molecular weight is 859 g/mol. The molecule has 62 heavy (non-hydrogen) atoms. The molecule has 0 bridgehead atoms. The number of esters is 3. The van der Waals surface area contributed by atoms with Gasteiger partial charge in [-0.1, -0.05) is 214 Å². The van der Waals surface area contributed by atoms with Gasteiger partial charge in [0.05, 0.1) is 0 Å². The van der Waals surface area contributed by atoms with Crippen molar-refractivity contribution in [3.8, 4) is 0 Å². The minimum atomic E-state index is -0.813. The van der Waals surface area contributed by atoms with Gasteiger partial charge in [0.2, 0.25) is 0 Å². The van der Waals surface area contributed by atoms with E-state index in [4.69, 9.17) is 14.2 Å². The Morgan fingerprint density at radius 2 is 0.661 bits per heavy atom. The van der Waals surface area contributed by atoms with E-state index in [1.165, 1.54) is 57.8 Å². The second-order valence-corrected chi connectivity index (χ2v) is 16.2. The standard InChI is InChI=1S/C56H90O6/c1-4-7-10-13-16-19-22-24-26-27-28-30-31-34-37-40-43-46-49-55(58)61-52-53(51-60-54(57)48-45-42-39-36-33-21-18-15-12-9-6-3)62-56(59)50-47-44-41-38-35-32-29-25-23-20-17-14-11-8-5-2/h8,11,14-15,17-18,20,22-30,32,35,53H,4-7,9-10,12-13,16,19,21,31,33-34,36-52H2,1-3H3/b11-8-,17-14-,18-15-,23-20-,24-22-,27-26-,29-25-,30-28-,35-32-. The van der Waals surface area contributed by atoms with Gasteiger partial charge in [-0.3, -0.25) is 14.4 Å². The van der Waals surface area contributed by atoms with Crippen LogP contribution >= 0.6 is 0 Å². The van der Waals surface area contributed by atoms with Crippen molar-refractivity contribution in [2.24, 2.45) is 0 Å². The molecule has 350 valence electrons. The molecule has 1 unspecified atom stereocenters. The molecule has 0 aliphatic carbocycles. The van der Waals surface area contributed by atoms with E-state index >= 15 is 0 Å². The second-order valence-electron chi connectivity index (χ2n) is 16.2. The molecule has 0 fully saturated rings. The number of hydrogen-bond donors (Lipinski definition) is 0. The minimum absolute atomic E-state index is 0.109. The summed E-state index contributed by atoms with van der Waals surface area (Å²) in [6.45, 7) is 6.36. The van der Waals surface area contributed by atoms with Gasteiger partial charge in [-0.25, -0.2) is 0 Å². The summed E-state index contributed by atoms with van der Waals surface area (Å²) in [7, 11) is 0. The maximum absolute atomic E-state index is 12.8. The van der Waals surface area contributed by atoms with Crippen LogP contribution in [0.3, 0.4) is 0 Å². The summed E-state index contributed by atoms with van der Waals surface area (Å²) < 4.78 is 16.7. The van der Waals surface area contributed by atoms with Gasteiger partial charge >= 0.3 is 17.9 Å². The van der Waals surface area contributed by atoms with E-state index < -0.39 is 6.10 Å². The Morgan fingerprint density at radius 1 is 0.339 bits per heavy atom. The third kappa shape index (κ3) is 47.1. The van der Waals surface area contributed by atoms with Gasteiger partial charge in [0, 0.05) is 19.3 Å². The largest absolute Gasteiger partial charge is 0.462 e. The molecule has 0 aliphatic rings. The molecule has 6 nitrogen and oxygen atoms in total. The van der Waals surface area contributed by atoms with Crippen LogP contribution in [-0.4, -0.2) is 37.2 Å². The molecule has 0 N–H and O–H groups in total. The first kappa shape index (κ1) is 58.1. The Balaban J connectivity index is 4.51. The Morgan fingerprint density at radius 3 is 1.10 bits per heavy atom. The van der Waals surface area contributed by atoms with Crippen molar-refractivity contribution in [2.45, 2.75) is 213 Å². The zero-order chi connectivity index (χ0) is 45.1. The van der Waals surface area contributed by atoms with Crippen LogP contribution < -0.4 is 0 Å². The van der Waals surface area contributed by atoms with Gasteiger partial charge in [0.15, 0.2) is 6.10 Å². The SMILES string of the molecule is CC\C=C/C=C\C=C/C=C\C=C/CCCCCC(=O)OC(COC(=O)CCCCCCC\C=C/C=C\C=C/CCCCCCC)COC(=O)CCCCCCC/C=C\CCCC. The molecule has 0 heterocycles. The monoisotopic (exact) mass is 859 g/mol. The number of rotatable bonds is 43. The highest BCUT2D eigenvalue weighted by molar-refractivity contribution is 5.71. The topological polar surface area (TPSA) is 78.9 Å². The van der Waals surface area contributed by atoms with E-state index in [2.05, 4.69) is 81.5 Å². The van der Waals surface area contributed by atoms with Crippen LogP contribution in [0.4, 0.5) is 0 Å². The fourth-order valence-electron chi connectivity index (χ4n) is 6.38. The normalized spacial score (nSPS) is 13.0. The summed E-state index contributed by atoms with van der Waals surface area (Å²) in [4.78, 5) is 37.9. The molecule has 1 atom stereocenters. The summed E-state index contributed by atoms with van der Waals surface area (Å²) in [5.74, 6) is -0.988. The van der Waals surface area contributed by atoms with Crippen molar-refractivity contribution < 1.29 is 28.6 Å². The molecule has 0 spiro atoms. The maximum atomic E-state index is 12.8. The van der Waals surface area contributed by atoms with Crippen molar-refractivity contribution in [1.82, 2.24) is 0 Å². The lowest BCUT2D eigenvalue weighted by Crippen LogP contribution is -2.30. The summed E-state index contributed by atoms with van der Waals surface area (Å²) in [6, 6.07) is 0. The average Bonchev–Trinajstić information content (AvgIpc) is 3.27. The summed E-state index contributed by atoms with van der Waals surface area (Å²) in [5.41, 5.74) is 0. The van der Waals surface area contributed by atoms with Crippen LogP contribution in [0.1, 0.15) is 207 Å². The number of carbonyl (C=O) groups excluding carboxylic acids is 3. The molecular weight excluding hydrogens is 769 g/mol. The molecule has 0 aromatic rings. The highest BCUT2D eigenvalue weighted by Gasteiger charge is 2.19. The predicted molar refractivity (Wildman–Crippen MR) is 265 cm³/mol. The quantitative estimate of drug-likeness (QED) is 0.0200. The third-order valence-electron chi connectivity index (χ3n) is 10.2. The molecule has 0 aromatic carbocycles. The molecule has 0 aliphatic heterocycles. The lowest BCUT2D eigenvalue weighted by molar-refractivity contribution is -0.167. The molecule has 0 amide bonds. The fourth-order valence-corrected chi connectivity index (χ4v) is 6.38. The number of hydrogen-bond acceptors (Lipinski definition) is 6. The number of unbranched alkanes of at least 4 members (excludes halogenated alkanes) is 20. The first-order chi connectivity index (χ1) is 30.5. The van der Waals surface area contributed by atoms with Crippen LogP contribution in [0.25, 0.3) is 0 Å². The lowest BCUT2D eigenvalue weighted by atomic mass is 10.1. The van der Waals surface area contributed by atoms with Crippen LogP contribution in [0, 0.1) is 0 Å². The maximum Gasteiger partial charge on any atom is 0.306 e. The van der Waals surface area contributed by atoms with Gasteiger partial charge in [-0.15, -0.1) is 0 Å². The Labute approximate surface area is 380 Å². The van der Waals surface area contributed by atoms with Gasteiger partial charge < -0.3 is 14.2 Å². The highest BCUT2D eigenvalue weighted by Crippen LogP contribution is 2.12. The summed E-state index contributed by atoms with van der Waals surface area (Å²) in [6.07, 6.45) is 66.4. The number of carbonyl (C=O) groups is 3. The van der Waals surface area contributed by atoms with Crippen LogP contribution in [0.5, 0.6) is 0 Å². The first-order valence-electron chi connectivity index (χ1n) is 25.0. The van der Waals surface area contributed by atoms with Crippen molar-refractivity contribution in [2.75, 3.05) is 13.2 Å². The molecule has 0 saturated carbocycles. The summed E-state index contributed by atoms with van der Waals surface area (Å²) in [5, 5.41) is 0. The zero-order valence-corrected chi connectivity index (χ0v) is 39.8. The fraction of sp³-hybridized carbons (Fsp3) is 0.625. The molecule has 0 rings (SSSR count). The number of allylic oxidation sites excluding steroid dienone is 18. The van der Waals surface area contributed by atoms with E-state index in [1.54, 1.807) is 0 Å². The van der Waals surface area contributed by atoms with Crippen LogP contribution in [-0.2, 0) is 28.6 Å². The van der Waals surface area contributed by atoms with E-state index in [0.717, 1.165) is 103 Å². The van der Waals surface area contributed by atoms with Crippen molar-refractivity contribution in [3.05, 3.63) is 109 Å². The molecule has 0 saturated heterocycles. The Bertz CT molecular complexity index is 1310.